The van der Waals surface area contributed by atoms with Gasteiger partial charge in [-0.25, -0.2) is 9.13 Å². The van der Waals surface area contributed by atoms with E-state index in [0.717, 1.165) is 5.34 Å². The van der Waals surface area contributed by atoms with E-state index >= 15 is 0 Å². The molecule has 0 radical (unpaired) electrons. The summed E-state index contributed by atoms with van der Waals surface area (Å²) in [5, 5.41) is 0.944. The molecule has 0 aliphatic carbocycles. The summed E-state index contributed by atoms with van der Waals surface area (Å²) in [6.07, 6.45) is 0. The first kappa shape index (κ1) is 25.6. The van der Waals surface area contributed by atoms with Crippen LogP contribution in [0.1, 0.15) is 0 Å². The first-order valence-corrected chi connectivity index (χ1v) is 5.90. The van der Waals surface area contributed by atoms with Crippen LogP contribution in [0.25, 0.3) is 0 Å². The fraction of sp³-hybridized carbons (Fsp3) is 0. The molecule has 0 saturated carbocycles. The first-order chi connectivity index (χ1) is 5.12. The minimum Gasteiger partial charge on any atom is -0.333 e. The van der Waals surface area contributed by atoms with Crippen LogP contribution in [0.4, 0.5) is 0 Å². The Balaban J connectivity index is -0.0000000891. The van der Waals surface area contributed by atoms with E-state index < -0.39 is 15.6 Å². The molecule has 0 heterocycles. The smallest absolute Gasteiger partial charge is 0.333 e. The van der Waals surface area contributed by atoms with Gasteiger partial charge >= 0.3 is 74.8 Å². The first-order valence-electron chi connectivity index (χ1n) is 1.97. The van der Waals surface area contributed by atoms with E-state index in [-0.39, 0.29) is 59.1 Å². The van der Waals surface area contributed by atoms with E-state index in [4.69, 9.17) is 19.6 Å². The summed E-state index contributed by atoms with van der Waals surface area (Å²) >= 11 is 9.28. The Hall–Kier alpha value is 2.84. The van der Waals surface area contributed by atoms with Crippen molar-refractivity contribution in [2.75, 3.05) is 0 Å². The molecule has 0 rings (SSSR count). The molecule has 0 aromatic rings. The van der Waals surface area contributed by atoms with Gasteiger partial charge in [-0.15, -0.1) is 0 Å². The molecule has 0 saturated heterocycles. The molecule has 0 aromatic heterocycles. The van der Waals surface area contributed by atoms with Crippen LogP contribution < -0.4 is 59.1 Å². The second-order valence-electron chi connectivity index (χ2n) is 1.15. The summed E-state index contributed by atoms with van der Waals surface area (Å²) in [4.78, 5) is 31.0. The molecule has 0 aromatic carbocycles. The van der Waals surface area contributed by atoms with E-state index in [1.54, 1.807) is 0 Å². The van der Waals surface area contributed by atoms with Crippen molar-refractivity contribution in [1.82, 2.24) is 0 Å². The normalized spacial score (nSPS) is 10.1. The number of rotatable bonds is 2. The Labute approximate surface area is 135 Å². The van der Waals surface area contributed by atoms with Crippen molar-refractivity contribution in [2.45, 2.75) is 0 Å². The van der Waals surface area contributed by atoms with E-state index in [9.17, 15) is 9.13 Å². The molecule has 13 heteroatoms. The molecule has 7 nitrogen and oxygen atoms in total. The zero-order chi connectivity index (χ0) is 10.4. The Morgan fingerprint density at radius 3 is 1.07 bits per heavy atom. The number of hydrogen-bond donors (Lipinski definition) is 4. The minimum atomic E-state index is -5.05. The van der Waals surface area contributed by atoms with Gasteiger partial charge in [0.1, 0.15) is 0 Å². The number of phosphoric acid groups is 2. The molecule has 4 N–H and O–H groups in total. The van der Waals surface area contributed by atoms with Crippen molar-refractivity contribution in [3.8, 4) is 0 Å². The maximum atomic E-state index is 9.63. The van der Waals surface area contributed by atoms with Gasteiger partial charge in [-0.3, -0.25) is 0 Å². The Kier molecular flexibility index (Phi) is 22.5. The third-order valence-electron chi connectivity index (χ3n) is 0.213. The Bertz CT molecular complexity index is 180. The molecule has 0 bridgehead atoms. The predicted octanol–water partition coefficient (Wildman–Crippen LogP) is -5.22. The largest absolute Gasteiger partial charge is 1.00 e. The van der Waals surface area contributed by atoms with Crippen LogP contribution in [0, 0.1) is 5.34 Å². The van der Waals surface area contributed by atoms with E-state index in [0.29, 0.717) is 0 Å². The second kappa shape index (κ2) is 12.3. The molecule has 0 aliphatic heterocycles. The van der Waals surface area contributed by atoms with Crippen LogP contribution in [0.15, 0.2) is 0 Å². The fourth-order valence-corrected chi connectivity index (χ4v) is 1.25. The minimum absolute atomic E-state index is 0. The quantitative estimate of drug-likeness (QED) is 0.228. The molecule has 0 atom stereocenters. The molecular weight excluding hydrogens is 303 g/mol. The molecule has 14 heavy (non-hydrogen) atoms. The van der Waals surface area contributed by atoms with Gasteiger partial charge in [0, 0.05) is 0 Å². The van der Waals surface area contributed by atoms with Gasteiger partial charge in [-0.05, 0) is 0 Å². The SMILES string of the molecule is Cl[CH-]Cl.O=P(O)(O)OP(=O)(O)O.[Na+].[Na+]. The molecule has 0 aliphatic rings. The fourth-order valence-electron chi connectivity index (χ4n) is 0.139. The van der Waals surface area contributed by atoms with Crippen LogP contribution in [0.3, 0.4) is 0 Å². The van der Waals surface area contributed by atoms with Crippen molar-refractivity contribution in [2.24, 2.45) is 0 Å². The van der Waals surface area contributed by atoms with E-state index in [1.807, 2.05) is 0 Å². The van der Waals surface area contributed by atoms with Crippen molar-refractivity contribution < 1.29 is 92.1 Å². The maximum Gasteiger partial charge on any atom is 1.00 e. The Morgan fingerprint density at radius 2 is 1.07 bits per heavy atom. The van der Waals surface area contributed by atoms with Gasteiger partial charge in [-0.2, -0.15) is 9.65 Å². The standard InChI is InChI=1S/CHCl2.2Na.H4O7P2/c2-1-3;;;1-8(2,3)7-9(4,5)6/h1H;;;(H2,1,2,3)(H2,4,5,6)/q-1;2*+1;. The van der Waals surface area contributed by atoms with Gasteiger partial charge in [0.15, 0.2) is 0 Å². The second-order valence-corrected chi connectivity index (χ2v) is 4.42. The van der Waals surface area contributed by atoms with Crippen molar-refractivity contribution in [1.29, 1.82) is 0 Å². The molecule has 0 spiro atoms. The average molecular weight is 308 g/mol. The predicted molar refractivity (Wildman–Crippen MR) is 41.2 cm³/mol. The zero-order valence-corrected chi connectivity index (χ0v) is 14.5. The molecule has 76 valence electrons. The average Bonchev–Trinajstić information content (AvgIpc) is 1.53. The summed E-state index contributed by atoms with van der Waals surface area (Å²) in [6, 6.07) is 0. The van der Waals surface area contributed by atoms with Crippen molar-refractivity contribution in [3.05, 3.63) is 5.34 Å². The summed E-state index contributed by atoms with van der Waals surface area (Å²) in [5.74, 6) is 0. The van der Waals surface area contributed by atoms with E-state index in [1.165, 1.54) is 0 Å². The van der Waals surface area contributed by atoms with Gasteiger partial charge in [-0.1, -0.05) is 0 Å². The molecule has 0 amide bonds. The molecule has 0 fully saturated rings. The van der Waals surface area contributed by atoms with Crippen LogP contribution in [0.2, 0.25) is 0 Å². The zero-order valence-electron chi connectivity index (χ0n) is 7.24. The molecular formula is CH5Cl2Na2O7P2+. The summed E-state index contributed by atoms with van der Waals surface area (Å²) < 4.78 is 22.2. The van der Waals surface area contributed by atoms with Gasteiger partial charge < -0.3 is 42.8 Å². The third-order valence-corrected chi connectivity index (χ3v) is 1.91. The Morgan fingerprint density at radius 1 is 0.929 bits per heavy atom. The molecule has 0 unspecified atom stereocenters. The number of halogens is 2. The summed E-state index contributed by atoms with van der Waals surface area (Å²) in [6.45, 7) is 0. The van der Waals surface area contributed by atoms with Crippen LogP contribution in [-0.2, 0) is 13.4 Å². The van der Waals surface area contributed by atoms with E-state index in [2.05, 4.69) is 27.5 Å². The monoisotopic (exact) mass is 307 g/mol. The van der Waals surface area contributed by atoms with Gasteiger partial charge in [0.2, 0.25) is 0 Å². The maximum absolute atomic E-state index is 9.63. The summed E-state index contributed by atoms with van der Waals surface area (Å²) in [5.41, 5.74) is 0. The van der Waals surface area contributed by atoms with Crippen LogP contribution in [-0.4, -0.2) is 19.6 Å². The third kappa shape index (κ3) is 36.4. The van der Waals surface area contributed by atoms with Crippen molar-refractivity contribution >= 4 is 38.8 Å². The van der Waals surface area contributed by atoms with Crippen LogP contribution in [0.5, 0.6) is 0 Å². The van der Waals surface area contributed by atoms with Gasteiger partial charge in [0.25, 0.3) is 0 Å². The topological polar surface area (TPSA) is 124 Å². The summed E-state index contributed by atoms with van der Waals surface area (Å²) in [7, 11) is -10.1. The van der Waals surface area contributed by atoms with Crippen molar-refractivity contribution in [3.63, 3.8) is 0 Å². The number of hydrogen-bond acceptors (Lipinski definition) is 3. The van der Waals surface area contributed by atoms with Crippen LogP contribution >= 0.6 is 38.8 Å². The van der Waals surface area contributed by atoms with Gasteiger partial charge in [0.05, 0.1) is 0 Å².